The smallest absolute Gasteiger partial charge is 0.407 e. The summed E-state index contributed by atoms with van der Waals surface area (Å²) in [5, 5.41) is 11.2. The first-order chi connectivity index (χ1) is 6.09. The molecule has 1 heterocycles. The highest BCUT2D eigenvalue weighted by Crippen LogP contribution is 2.09. The molecule has 0 aromatic carbocycles. The lowest BCUT2D eigenvalue weighted by Crippen LogP contribution is -2.50. The molecule has 74 valence electrons. The number of nitrogens with zero attached hydrogens (tertiary/aromatic N) is 1. The zero-order valence-corrected chi connectivity index (χ0v) is 7.19. The number of carbonyl (C=O) groups excluding carboxylic acids is 1. The van der Waals surface area contributed by atoms with Crippen LogP contribution in [0.15, 0.2) is 0 Å². The quantitative estimate of drug-likeness (QED) is 0.530. The highest BCUT2D eigenvalue weighted by atomic mass is 16.4. The molecule has 4 N–H and O–H groups in total. The van der Waals surface area contributed by atoms with E-state index in [4.69, 9.17) is 10.8 Å². The lowest BCUT2D eigenvalue weighted by Gasteiger charge is -2.30. The largest absolute Gasteiger partial charge is 0.465 e. The van der Waals surface area contributed by atoms with Crippen LogP contribution in [0.5, 0.6) is 0 Å². The lowest BCUT2D eigenvalue weighted by atomic mass is 10.1. The van der Waals surface area contributed by atoms with Crippen LogP contribution in [0, 0.1) is 0 Å². The Morgan fingerprint density at radius 3 is 2.77 bits per heavy atom. The molecule has 0 aromatic heterocycles. The average Bonchev–Trinajstić information content (AvgIpc) is 2.03. The fourth-order valence-electron chi connectivity index (χ4n) is 1.47. The van der Waals surface area contributed by atoms with Crippen LogP contribution in [0.4, 0.5) is 9.59 Å². The van der Waals surface area contributed by atoms with Gasteiger partial charge in [-0.15, -0.1) is 0 Å². The number of urea groups is 1. The van der Waals surface area contributed by atoms with Gasteiger partial charge in [0, 0.05) is 19.1 Å². The molecular weight excluding hydrogens is 174 g/mol. The van der Waals surface area contributed by atoms with Gasteiger partial charge < -0.3 is 21.1 Å². The zero-order chi connectivity index (χ0) is 9.84. The van der Waals surface area contributed by atoms with Crippen molar-refractivity contribution in [2.45, 2.75) is 18.9 Å². The number of amides is 3. The highest BCUT2D eigenvalue weighted by Gasteiger charge is 2.23. The van der Waals surface area contributed by atoms with Gasteiger partial charge in [-0.2, -0.15) is 0 Å². The summed E-state index contributed by atoms with van der Waals surface area (Å²) >= 11 is 0. The first kappa shape index (κ1) is 9.63. The van der Waals surface area contributed by atoms with Crippen LogP contribution in [0.2, 0.25) is 0 Å². The maximum absolute atomic E-state index is 10.6. The number of hydrogen-bond donors (Lipinski definition) is 3. The Morgan fingerprint density at radius 1 is 1.54 bits per heavy atom. The summed E-state index contributed by atoms with van der Waals surface area (Å²) in [6.45, 7) is 0.866. The second-order valence-electron chi connectivity index (χ2n) is 3.08. The van der Waals surface area contributed by atoms with Crippen LogP contribution in [0.3, 0.4) is 0 Å². The number of hydrogen-bond acceptors (Lipinski definition) is 2. The molecule has 1 unspecified atom stereocenters. The zero-order valence-electron chi connectivity index (χ0n) is 7.19. The monoisotopic (exact) mass is 187 g/mol. The van der Waals surface area contributed by atoms with Gasteiger partial charge in [-0.05, 0) is 12.8 Å². The molecule has 1 aliphatic heterocycles. The predicted molar refractivity (Wildman–Crippen MR) is 45.3 cm³/mol. The van der Waals surface area contributed by atoms with Crippen LogP contribution in [-0.4, -0.2) is 41.3 Å². The Balaban J connectivity index is 2.41. The summed E-state index contributed by atoms with van der Waals surface area (Å²) in [4.78, 5) is 22.3. The summed E-state index contributed by atoms with van der Waals surface area (Å²) in [6.07, 6.45) is 0.597. The minimum absolute atomic E-state index is 0.137. The molecule has 0 radical (unpaired) electrons. The van der Waals surface area contributed by atoms with Crippen molar-refractivity contribution in [2.75, 3.05) is 13.1 Å². The molecule has 6 heteroatoms. The number of nitrogens with two attached hydrogens (primary N) is 1. The van der Waals surface area contributed by atoms with Crippen molar-refractivity contribution in [3.63, 3.8) is 0 Å². The van der Waals surface area contributed by atoms with E-state index in [0.717, 1.165) is 12.8 Å². The number of piperidine rings is 1. The molecule has 13 heavy (non-hydrogen) atoms. The van der Waals surface area contributed by atoms with Crippen LogP contribution in [-0.2, 0) is 0 Å². The van der Waals surface area contributed by atoms with Crippen LogP contribution >= 0.6 is 0 Å². The molecule has 0 spiro atoms. The molecule has 0 aromatic rings. The normalized spacial score (nSPS) is 22.5. The SMILES string of the molecule is NC(=O)NC1CCCN(C(=O)O)C1. The molecule has 1 aliphatic rings. The van der Waals surface area contributed by atoms with E-state index < -0.39 is 12.1 Å². The van der Waals surface area contributed by atoms with Crippen molar-refractivity contribution in [3.8, 4) is 0 Å². The second-order valence-corrected chi connectivity index (χ2v) is 3.08. The molecule has 0 bridgehead atoms. The highest BCUT2D eigenvalue weighted by molar-refractivity contribution is 5.72. The van der Waals surface area contributed by atoms with E-state index in [1.54, 1.807) is 0 Å². The fourth-order valence-corrected chi connectivity index (χ4v) is 1.47. The van der Waals surface area contributed by atoms with Crippen molar-refractivity contribution < 1.29 is 14.7 Å². The maximum atomic E-state index is 10.6. The minimum atomic E-state index is -0.948. The summed E-state index contributed by atoms with van der Waals surface area (Å²) in [7, 11) is 0. The second kappa shape index (κ2) is 3.97. The average molecular weight is 187 g/mol. The van der Waals surface area contributed by atoms with E-state index in [-0.39, 0.29) is 6.04 Å². The van der Waals surface area contributed by atoms with E-state index in [2.05, 4.69) is 5.32 Å². The first-order valence-corrected chi connectivity index (χ1v) is 4.13. The molecule has 1 rings (SSSR count). The summed E-state index contributed by atoms with van der Waals surface area (Å²) in [5.74, 6) is 0. The van der Waals surface area contributed by atoms with Crippen molar-refractivity contribution in [1.29, 1.82) is 0 Å². The van der Waals surface area contributed by atoms with Crippen molar-refractivity contribution in [2.24, 2.45) is 5.73 Å². The topological polar surface area (TPSA) is 95.7 Å². The third-order valence-corrected chi connectivity index (χ3v) is 2.04. The Kier molecular flexibility index (Phi) is 2.94. The van der Waals surface area contributed by atoms with Crippen molar-refractivity contribution >= 4 is 12.1 Å². The van der Waals surface area contributed by atoms with Crippen LogP contribution in [0.1, 0.15) is 12.8 Å². The van der Waals surface area contributed by atoms with Gasteiger partial charge >= 0.3 is 12.1 Å². The van der Waals surface area contributed by atoms with Gasteiger partial charge in [-0.3, -0.25) is 0 Å². The third kappa shape index (κ3) is 2.81. The fraction of sp³-hybridized carbons (Fsp3) is 0.714. The summed E-state index contributed by atoms with van der Waals surface area (Å²) < 4.78 is 0. The standard InChI is InChI=1S/C7H13N3O3/c8-6(11)9-5-2-1-3-10(4-5)7(12)13/h5H,1-4H2,(H,12,13)(H3,8,9,11). The molecule has 1 saturated heterocycles. The van der Waals surface area contributed by atoms with Crippen LogP contribution < -0.4 is 11.1 Å². The molecular formula is C7H13N3O3. The van der Waals surface area contributed by atoms with Gasteiger partial charge in [0.05, 0.1) is 0 Å². The molecule has 6 nitrogen and oxygen atoms in total. The van der Waals surface area contributed by atoms with Crippen LogP contribution in [0.25, 0.3) is 0 Å². The Labute approximate surface area is 75.7 Å². The number of rotatable bonds is 1. The lowest BCUT2D eigenvalue weighted by molar-refractivity contribution is 0.127. The third-order valence-electron chi connectivity index (χ3n) is 2.04. The number of nitrogens with one attached hydrogen (secondary N) is 1. The first-order valence-electron chi connectivity index (χ1n) is 4.13. The summed E-state index contributed by atoms with van der Waals surface area (Å²) in [6, 6.07) is -0.736. The number of primary amides is 1. The van der Waals surface area contributed by atoms with Gasteiger partial charge in [0.1, 0.15) is 0 Å². The number of carboxylic acid groups (broad SMARTS) is 1. The van der Waals surface area contributed by atoms with Gasteiger partial charge in [0.25, 0.3) is 0 Å². The van der Waals surface area contributed by atoms with E-state index in [1.165, 1.54) is 4.90 Å². The van der Waals surface area contributed by atoms with E-state index in [9.17, 15) is 9.59 Å². The van der Waals surface area contributed by atoms with E-state index in [0.29, 0.717) is 13.1 Å². The van der Waals surface area contributed by atoms with Crippen molar-refractivity contribution in [1.82, 2.24) is 10.2 Å². The predicted octanol–water partition coefficient (Wildman–Crippen LogP) is -0.203. The summed E-state index contributed by atoms with van der Waals surface area (Å²) in [5.41, 5.74) is 4.93. The Bertz CT molecular complexity index is 219. The van der Waals surface area contributed by atoms with Gasteiger partial charge in [0.2, 0.25) is 0 Å². The number of likely N-dealkylation sites (tertiary alicyclic amines) is 1. The van der Waals surface area contributed by atoms with Crippen molar-refractivity contribution in [3.05, 3.63) is 0 Å². The Morgan fingerprint density at radius 2 is 2.23 bits per heavy atom. The van der Waals surface area contributed by atoms with E-state index in [1.807, 2.05) is 0 Å². The Hall–Kier alpha value is -1.46. The van der Waals surface area contributed by atoms with Gasteiger partial charge in [-0.1, -0.05) is 0 Å². The molecule has 1 atom stereocenters. The minimum Gasteiger partial charge on any atom is -0.465 e. The van der Waals surface area contributed by atoms with Gasteiger partial charge in [-0.25, -0.2) is 9.59 Å². The van der Waals surface area contributed by atoms with E-state index >= 15 is 0 Å². The number of carbonyl (C=O) groups is 2. The molecule has 0 aliphatic carbocycles. The molecule has 0 saturated carbocycles. The maximum Gasteiger partial charge on any atom is 0.407 e. The van der Waals surface area contributed by atoms with Gasteiger partial charge in [0.15, 0.2) is 0 Å². The molecule has 1 fully saturated rings. The molecule has 3 amide bonds.